The van der Waals surface area contributed by atoms with Gasteiger partial charge in [0, 0.05) is 66.4 Å². The summed E-state index contributed by atoms with van der Waals surface area (Å²) in [5.41, 5.74) is 5.85. The third-order valence-corrected chi connectivity index (χ3v) is 7.93. The van der Waals surface area contributed by atoms with Gasteiger partial charge in [0.15, 0.2) is 5.60 Å². The Morgan fingerprint density at radius 2 is 1.46 bits per heavy atom. The van der Waals surface area contributed by atoms with E-state index in [1.54, 1.807) is 0 Å². The van der Waals surface area contributed by atoms with Gasteiger partial charge in [0.05, 0.1) is 5.56 Å². The molecule has 2 aliphatic rings. The van der Waals surface area contributed by atoms with Gasteiger partial charge in [-0.25, -0.2) is 4.79 Å². The molecule has 0 amide bonds. The molecular formula is C32H38N2O3. The molecule has 0 radical (unpaired) electrons. The normalized spacial score (nSPS) is 17.1. The third-order valence-electron chi connectivity index (χ3n) is 7.93. The number of rotatable bonds is 9. The van der Waals surface area contributed by atoms with Gasteiger partial charge in [0.25, 0.3) is 0 Å². The van der Waals surface area contributed by atoms with E-state index in [0.717, 1.165) is 79.3 Å². The first-order valence-corrected chi connectivity index (χ1v) is 13.8. The second kappa shape index (κ2) is 10.1. The standard InChI is InChI=1S/C32H38N2O3/c1-6-11-14-22-19-27-30(21-28(22)34(9-4)10-5)36-29-20-23(33(7-2)8-3)17-18-26(29)32(27)25-16-13-12-15-24(25)31(35)37-32/h12-13,15-21H,6-11,14H2,1-5H3. The second-order valence-electron chi connectivity index (χ2n) is 9.82. The van der Waals surface area contributed by atoms with E-state index in [2.05, 4.69) is 74.8 Å². The summed E-state index contributed by atoms with van der Waals surface area (Å²) in [5.74, 6) is 1.22. The number of carbonyl (C=O) groups is 1. The predicted octanol–water partition coefficient (Wildman–Crippen LogP) is 7.29. The molecule has 0 saturated heterocycles. The number of nitrogens with zero attached hydrogens (tertiary/aromatic N) is 2. The Morgan fingerprint density at radius 1 is 0.757 bits per heavy atom. The van der Waals surface area contributed by atoms with Gasteiger partial charge in [-0.3, -0.25) is 0 Å². The van der Waals surface area contributed by atoms with E-state index in [1.807, 2.05) is 24.3 Å². The molecule has 1 unspecified atom stereocenters. The number of anilines is 2. The van der Waals surface area contributed by atoms with Crippen molar-refractivity contribution in [2.24, 2.45) is 0 Å². The fourth-order valence-corrected chi connectivity index (χ4v) is 5.95. The van der Waals surface area contributed by atoms with Crippen molar-refractivity contribution in [1.82, 2.24) is 0 Å². The lowest BCUT2D eigenvalue weighted by atomic mass is 9.76. The molecule has 0 aliphatic carbocycles. The van der Waals surface area contributed by atoms with E-state index in [0.29, 0.717) is 5.56 Å². The summed E-state index contributed by atoms with van der Waals surface area (Å²) in [6.45, 7) is 14.6. The number of unbranched alkanes of at least 4 members (excludes halogenated alkanes) is 1. The molecule has 3 aromatic rings. The molecule has 2 aliphatic heterocycles. The maximum Gasteiger partial charge on any atom is 0.340 e. The van der Waals surface area contributed by atoms with Gasteiger partial charge in [-0.05, 0) is 70.4 Å². The van der Waals surface area contributed by atoms with Crippen molar-refractivity contribution in [3.63, 3.8) is 0 Å². The number of aryl methyl sites for hydroxylation is 1. The van der Waals surface area contributed by atoms with Gasteiger partial charge in [0.1, 0.15) is 11.5 Å². The first-order valence-electron chi connectivity index (χ1n) is 13.8. The summed E-state index contributed by atoms with van der Waals surface area (Å²) >= 11 is 0. The highest BCUT2D eigenvalue weighted by Crippen LogP contribution is 2.57. The third kappa shape index (κ3) is 3.96. The van der Waals surface area contributed by atoms with Crippen molar-refractivity contribution < 1.29 is 14.3 Å². The van der Waals surface area contributed by atoms with Gasteiger partial charge in [-0.1, -0.05) is 31.5 Å². The van der Waals surface area contributed by atoms with E-state index in [-0.39, 0.29) is 5.97 Å². The topological polar surface area (TPSA) is 42.0 Å². The molecule has 0 fully saturated rings. The average Bonchev–Trinajstić information content (AvgIpc) is 3.22. The van der Waals surface area contributed by atoms with Crippen LogP contribution in [0.2, 0.25) is 0 Å². The highest BCUT2D eigenvalue weighted by atomic mass is 16.6. The summed E-state index contributed by atoms with van der Waals surface area (Å²) in [6, 6.07) is 18.5. The minimum atomic E-state index is -1.03. The molecule has 0 saturated carbocycles. The van der Waals surface area contributed by atoms with Crippen LogP contribution in [-0.2, 0) is 16.8 Å². The van der Waals surface area contributed by atoms with Crippen molar-refractivity contribution in [2.45, 2.75) is 59.5 Å². The molecule has 1 atom stereocenters. The molecule has 5 rings (SSSR count). The van der Waals surface area contributed by atoms with E-state index in [1.165, 1.54) is 11.3 Å². The van der Waals surface area contributed by atoms with Crippen molar-refractivity contribution in [1.29, 1.82) is 0 Å². The van der Waals surface area contributed by atoms with Crippen molar-refractivity contribution in [3.05, 3.63) is 82.4 Å². The largest absolute Gasteiger partial charge is 0.456 e. The Balaban J connectivity index is 1.79. The second-order valence-corrected chi connectivity index (χ2v) is 9.82. The van der Waals surface area contributed by atoms with Gasteiger partial charge in [0.2, 0.25) is 0 Å². The predicted molar refractivity (Wildman–Crippen MR) is 150 cm³/mol. The first kappa shape index (κ1) is 25.2. The lowest BCUT2D eigenvalue weighted by Gasteiger charge is -2.38. The minimum Gasteiger partial charge on any atom is -0.456 e. The van der Waals surface area contributed by atoms with Crippen LogP contribution in [0.3, 0.4) is 0 Å². The van der Waals surface area contributed by atoms with Gasteiger partial charge in [-0.15, -0.1) is 0 Å². The average molecular weight is 499 g/mol. The van der Waals surface area contributed by atoms with Crippen LogP contribution in [0.15, 0.2) is 54.6 Å². The monoisotopic (exact) mass is 498 g/mol. The highest BCUT2D eigenvalue weighted by molar-refractivity contribution is 5.97. The molecule has 0 N–H and O–H groups in total. The minimum absolute atomic E-state index is 0.287. The zero-order chi connectivity index (χ0) is 26.2. The lowest BCUT2D eigenvalue weighted by Crippen LogP contribution is -2.34. The SMILES string of the molecule is CCCCc1cc2c(cc1N(CC)CC)Oc1cc(N(CC)CC)ccc1C21OC(=O)c2ccccc21. The molecule has 194 valence electrons. The van der Waals surface area contributed by atoms with Crippen LogP contribution in [0.5, 0.6) is 11.5 Å². The number of fused-ring (bicyclic) bond motifs is 6. The number of hydrogen-bond acceptors (Lipinski definition) is 5. The van der Waals surface area contributed by atoms with Crippen LogP contribution in [0.4, 0.5) is 11.4 Å². The molecule has 0 bridgehead atoms. The maximum atomic E-state index is 13.3. The zero-order valence-electron chi connectivity index (χ0n) is 22.8. The van der Waals surface area contributed by atoms with Gasteiger partial charge in [-0.2, -0.15) is 0 Å². The van der Waals surface area contributed by atoms with E-state index in [4.69, 9.17) is 9.47 Å². The molecular weight excluding hydrogens is 460 g/mol. The quantitative estimate of drug-likeness (QED) is 0.290. The molecule has 37 heavy (non-hydrogen) atoms. The number of carbonyl (C=O) groups excluding carboxylic acids is 1. The van der Waals surface area contributed by atoms with E-state index in [9.17, 15) is 4.79 Å². The van der Waals surface area contributed by atoms with Gasteiger partial charge >= 0.3 is 5.97 Å². The van der Waals surface area contributed by atoms with E-state index >= 15 is 0 Å². The van der Waals surface area contributed by atoms with Crippen LogP contribution < -0.4 is 14.5 Å². The van der Waals surface area contributed by atoms with Crippen LogP contribution in [-0.4, -0.2) is 32.1 Å². The number of benzene rings is 3. The summed E-state index contributed by atoms with van der Waals surface area (Å²) in [5, 5.41) is 0. The Bertz CT molecular complexity index is 1310. The summed E-state index contributed by atoms with van der Waals surface area (Å²) in [7, 11) is 0. The maximum absolute atomic E-state index is 13.3. The van der Waals surface area contributed by atoms with E-state index < -0.39 is 5.60 Å². The molecule has 5 nitrogen and oxygen atoms in total. The summed E-state index contributed by atoms with van der Waals surface area (Å²) in [6.07, 6.45) is 3.18. The molecule has 3 aromatic carbocycles. The van der Waals surface area contributed by atoms with Crippen molar-refractivity contribution in [3.8, 4) is 11.5 Å². The summed E-state index contributed by atoms with van der Waals surface area (Å²) < 4.78 is 13.1. The van der Waals surface area contributed by atoms with Crippen LogP contribution in [0.25, 0.3) is 0 Å². The smallest absolute Gasteiger partial charge is 0.340 e. The van der Waals surface area contributed by atoms with Crippen molar-refractivity contribution in [2.75, 3.05) is 36.0 Å². The lowest BCUT2D eigenvalue weighted by molar-refractivity contribution is 0.0224. The van der Waals surface area contributed by atoms with Crippen LogP contribution >= 0.6 is 0 Å². The molecule has 5 heteroatoms. The molecule has 1 spiro atoms. The molecule has 2 heterocycles. The van der Waals surface area contributed by atoms with Crippen LogP contribution in [0, 0.1) is 0 Å². The van der Waals surface area contributed by atoms with Gasteiger partial charge < -0.3 is 19.3 Å². The Hall–Kier alpha value is -3.47. The Morgan fingerprint density at radius 3 is 2.16 bits per heavy atom. The van der Waals surface area contributed by atoms with Crippen molar-refractivity contribution >= 4 is 17.3 Å². The zero-order valence-corrected chi connectivity index (χ0v) is 22.8. The summed E-state index contributed by atoms with van der Waals surface area (Å²) in [4.78, 5) is 18.0. The molecule has 0 aromatic heterocycles. The first-order chi connectivity index (χ1) is 18.0. The number of hydrogen-bond donors (Lipinski definition) is 0. The Kier molecular flexibility index (Phi) is 6.89. The van der Waals surface area contributed by atoms with Crippen LogP contribution in [0.1, 0.15) is 80.1 Å². The highest BCUT2D eigenvalue weighted by Gasteiger charge is 2.53. The number of esters is 1. The Labute approximate surface area is 221 Å². The fourth-order valence-electron chi connectivity index (χ4n) is 5.95. The fraction of sp³-hybridized carbons (Fsp3) is 0.406. The number of ether oxygens (including phenoxy) is 2.